The first-order valence-electron chi connectivity index (χ1n) is 8.22. The van der Waals surface area contributed by atoms with Crippen molar-refractivity contribution < 1.29 is 9.90 Å². The van der Waals surface area contributed by atoms with E-state index in [9.17, 15) is 9.90 Å². The summed E-state index contributed by atoms with van der Waals surface area (Å²) in [5, 5.41) is 15.5. The number of benzene rings is 2. The zero-order valence-electron chi connectivity index (χ0n) is 13.6. The van der Waals surface area contributed by atoms with E-state index in [1.807, 2.05) is 73.0 Å². The molecule has 0 radical (unpaired) electrons. The molecule has 4 rings (SSSR count). The van der Waals surface area contributed by atoms with Gasteiger partial charge in [-0.1, -0.05) is 54.6 Å². The molecule has 0 bridgehead atoms. The van der Waals surface area contributed by atoms with Gasteiger partial charge in [-0.05, 0) is 28.8 Å². The van der Waals surface area contributed by atoms with Crippen molar-refractivity contribution in [3.63, 3.8) is 0 Å². The molecule has 0 spiro atoms. The molecule has 0 aromatic heterocycles. The molecule has 2 aliphatic rings. The second-order valence-corrected chi connectivity index (χ2v) is 6.06. The Hall–Kier alpha value is -3.11. The lowest BCUT2D eigenvalue weighted by Gasteiger charge is -2.13. The highest BCUT2D eigenvalue weighted by atomic mass is 16.3. The van der Waals surface area contributed by atoms with Crippen LogP contribution in [0.5, 0.6) is 0 Å². The Labute approximate surface area is 146 Å². The average Bonchev–Trinajstić information content (AvgIpc) is 2.82. The summed E-state index contributed by atoms with van der Waals surface area (Å²) in [6.07, 6.45) is 9.71. The van der Waals surface area contributed by atoms with Gasteiger partial charge in [-0.2, -0.15) is 0 Å². The number of fused-ring (bicyclic) bond motifs is 1. The maximum Gasteiger partial charge on any atom is 0.236 e. The Morgan fingerprint density at radius 3 is 2.64 bits per heavy atom. The molecule has 2 heterocycles. The molecule has 2 aromatic rings. The number of carbonyl (C=O) groups excluding carboxylic acids is 1. The summed E-state index contributed by atoms with van der Waals surface area (Å²) < 4.78 is 0. The van der Waals surface area contributed by atoms with Crippen molar-refractivity contribution in [3.8, 4) is 0 Å². The Morgan fingerprint density at radius 2 is 1.84 bits per heavy atom. The highest BCUT2D eigenvalue weighted by molar-refractivity contribution is 6.07. The van der Waals surface area contributed by atoms with E-state index in [0.717, 1.165) is 33.6 Å². The number of anilines is 1. The van der Waals surface area contributed by atoms with E-state index in [4.69, 9.17) is 0 Å². The average molecular weight is 330 g/mol. The lowest BCUT2D eigenvalue weighted by Crippen LogP contribution is -2.13. The largest absolute Gasteiger partial charge is 0.392 e. The third-order valence-corrected chi connectivity index (χ3v) is 4.52. The van der Waals surface area contributed by atoms with E-state index in [-0.39, 0.29) is 18.4 Å². The first-order chi connectivity index (χ1) is 12.3. The number of nitrogens with one attached hydrogen (secondary N) is 2. The number of hydrogen-bond acceptors (Lipinski definition) is 3. The summed E-state index contributed by atoms with van der Waals surface area (Å²) in [4.78, 5) is 12.7. The fourth-order valence-electron chi connectivity index (χ4n) is 3.28. The van der Waals surface area contributed by atoms with E-state index in [2.05, 4.69) is 10.6 Å². The smallest absolute Gasteiger partial charge is 0.236 e. The minimum absolute atomic E-state index is 0.00125. The van der Waals surface area contributed by atoms with Crippen molar-refractivity contribution in [2.45, 2.75) is 12.5 Å². The van der Waals surface area contributed by atoms with Gasteiger partial charge in [0, 0.05) is 17.5 Å². The van der Waals surface area contributed by atoms with Gasteiger partial charge in [-0.25, -0.2) is 0 Å². The summed E-state index contributed by atoms with van der Waals surface area (Å²) in [7, 11) is 0. The topological polar surface area (TPSA) is 61.4 Å². The Balaban J connectivity index is 1.77. The van der Waals surface area contributed by atoms with Gasteiger partial charge in [0.05, 0.1) is 18.2 Å². The van der Waals surface area contributed by atoms with Crippen LogP contribution in [0.4, 0.5) is 5.69 Å². The van der Waals surface area contributed by atoms with Crippen molar-refractivity contribution in [1.29, 1.82) is 0 Å². The van der Waals surface area contributed by atoms with Gasteiger partial charge in [-0.3, -0.25) is 4.79 Å². The van der Waals surface area contributed by atoms with Crippen LogP contribution < -0.4 is 10.6 Å². The molecule has 0 fully saturated rings. The predicted octanol–water partition coefficient (Wildman–Crippen LogP) is 3.28. The van der Waals surface area contributed by atoms with Crippen LogP contribution in [0, 0.1) is 0 Å². The van der Waals surface area contributed by atoms with Crippen LogP contribution in [0.15, 0.2) is 73.0 Å². The van der Waals surface area contributed by atoms with E-state index < -0.39 is 0 Å². The SMILES string of the molecule is O=C1Nc2c(C3=CC=CC=CN3)cccc2C1c1ccc(CO)cc1. The molecular weight excluding hydrogens is 312 g/mol. The Morgan fingerprint density at radius 1 is 1.00 bits per heavy atom. The minimum Gasteiger partial charge on any atom is -0.392 e. The molecule has 4 heteroatoms. The summed E-state index contributed by atoms with van der Waals surface area (Å²) in [5.74, 6) is -0.361. The number of allylic oxidation sites excluding steroid dienone is 4. The molecule has 0 aliphatic carbocycles. The molecule has 0 saturated heterocycles. The first-order valence-corrected chi connectivity index (χ1v) is 8.22. The Kier molecular flexibility index (Phi) is 3.96. The molecule has 1 amide bonds. The molecule has 2 aliphatic heterocycles. The van der Waals surface area contributed by atoms with Gasteiger partial charge in [0.25, 0.3) is 0 Å². The first kappa shape index (κ1) is 15.4. The summed E-state index contributed by atoms with van der Waals surface area (Å²) in [6.45, 7) is -0.00125. The molecule has 4 nitrogen and oxygen atoms in total. The van der Waals surface area contributed by atoms with Crippen LogP contribution in [0.3, 0.4) is 0 Å². The zero-order chi connectivity index (χ0) is 17.2. The zero-order valence-corrected chi connectivity index (χ0v) is 13.6. The van der Waals surface area contributed by atoms with Gasteiger partial charge in [0.1, 0.15) is 0 Å². The molecule has 2 aromatic carbocycles. The van der Waals surface area contributed by atoms with Crippen LogP contribution in [0.1, 0.15) is 28.2 Å². The van der Waals surface area contributed by atoms with Gasteiger partial charge < -0.3 is 15.7 Å². The lowest BCUT2D eigenvalue weighted by atomic mass is 9.90. The number of rotatable bonds is 3. The number of aliphatic hydroxyl groups is 1. The minimum atomic E-state index is -0.333. The lowest BCUT2D eigenvalue weighted by molar-refractivity contribution is -0.116. The summed E-state index contributed by atoms with van der Waals surface area (Å²) in [5.41, 5.74) is 5.50. The summed E-state index contributed by atoms with van der Waals surface area (Å²) in [6, 6.07) is 13.5. The predicted molar refractivity (Wildman–Crippen MR) is 98.7 cm³/mol. The second kappa shape index (κ2) is 6.42. The second-order valence-electron chi connectivity index (χ2n) is 6.06. The number of aliphatic hydroxyl groups excluding tert-OH is 1. The Bertz CT molecular complexity index is 908. The highest BCUT2D eigenvalue weighted by Gasteiger charge is 2.33. The van der Waals surface area contributed by atoms with E-state index in [0.29, 0.717) is 0 Å². The van der Waals surface area contributed by atoms with Crippen LogP contribution in [0.2, 0.25) is 0 Å². The normalized spacial score (nSPS) is 18.2. The maximum absolute atomic E-state index is 12.7. The number of carbonyl (C=O) groups is 1. The molecule has 1 unspecified atom stereocenters. The van der Waals surface area contributed by atoms with Crippen LogP contribution >= 0.6 is 0 Å². The standard InChI is InChI=1S/C21H18N2O2/c24-13-14-8-10-15(11-9-14)19-17-6-4-5-16(20(17)23-21(19)25)18-7-2-1-3-12-22-18/h1-12,19,22,24H,13H2,(H,23,25). The van der Waals surface area contributed by atoms with Gasteiger partial charge in [-0.15, -0.1) is 0 Å². The van der Waals surface area contributed by atoms with E-state index >= 15 is 0 Å². The van der Waals surface area contributed by atoms with Crippen LogP contribution in [0.25, 0.3) is 5.70 Å². The van der Waals surface area contributed by atoms with Crippen molar-refractivity contribution >= 4 is 17.3 Å². The third-order valence-electron chi connectivity index (χ3n) is 4.52. The van der Waals surface area contributed by atoms with E-state index in [1.165, 1.54) is 0 Å². The molecule has 124 valence electrons. The molecule has 0 saturated carbocycles. The molecule has 25 heavy (non-hydrogen) atoms. The highest BCUT2D eigenvalue weighted by Crippen LogP contribution is 2.41. The number of para-hydroxylation sites is 1. The van der Waals surface area contributed by atoms with Crippen molar-refractivity contribution in [2.75, 3.05) is 5.32 Å². The summed E-state index contributed by atoms with van der Waals surface area (Å²) >= 11 is 0. The number of hydrogen-bond donors (Lipinski definition) is 3. The van der Waals surface area contributed by atoms with Crippen molar-refractivity contribution in [2.24, 2.45) is 0 Å². The van der Waals surface area contributed by atoms with E-state index in [1.54, 1.807) is 0 Å². The number of amides is 1. The van der Waals surface area contributed by atoms with Gasteiger partial charge in [0.15, 0.2) is 0 Å². The third kappa shape index (κ3) is 2.77. The van der Waals surface area contributed by atoms with Gasteiger partial charge >= 0.3 is 0 Å². The van der Waals surface area contributed by atoms with Gasteiger partial charge in [0.2, 0.25) is 5.91 Å². The van der Waals surface area contributed by atoms with Crippen molar-refractivity contribution in [1.82, 2.24) is 5.32 Å². The van der Waals surface area contributed by atoms with Crippen LogP contribution in [-0.2, 0) is 11.4 Å². The molecule has 1 atom stereocenters. The quantitative estimate of drug-likeness (QED) is 0.809. The van der Waals surface area contributed by atoms with Crippen molar-refractivity contribution in [3.05, 3.63) is 95.2 Å². The fraction of sp³-hybridized carbons (Fsp3) is 0.0952. The molecular formula is C21H18N2O2. The maximum atomic E-state index is 12.7. The molecule has 3 N–H and O–H groups in total. The monoisotopic (exact) mass is 330 g/mol. The van der Waals surface area contributed by atoms with Crippen LogP contribution in [-0.4, -0.2) is 11.0 Å². The fourth-order valence-corrected chi connectivity index (χ4v) is 3.28.